The number of ether oxygens (including phenoxy) is 2. The van der Waals surface area contributed by atoms with Crippen LogP contribution >= 0.6 is 15.9 Å². The van der Waals surface area contributed by atoms with Gasteiger partial charge in [0.2, 0.25) is 0 Å². The maximum absolute atomic E-state index is 5.38. The lowest BCUT2D eigenvalue weighted by Crippen LogP contribution is -2.42. The second kappa shape index (κ2) is 8.82. The molecule has 0 bridgehead atoms. The molecule has 0 spiro atoms. The Morgan fingerprint density at radius 2 is 2.00 bits per heavy atom. The van der Waals surface area contributed by atoms with Crippen LogP contribution in [0.3, 0.4) is 0 Å². The molecule has 2 N–H and O–H groups in total. The van der Waals surface area contributed by atoms with Gasteiger partial charge in [0.15, 0.2) is 17.5 Å². The number of nitrogens with one attached hydrogen (secondary N) is 2. The molecule has 5 nitrogen and oxygen atoms in total. The highest BCUT2D eigenvalue weighted by molar-refractivity contribution is 9.10. The van der Waals surface area contributed by atoms with Crippen molar-refractivity contribution in [3.8, 4) is 11.5 Å². The van der Waals surface area contributed by atoms with Gasteiger partial charge in [-0.05, 0) is 53.4 Å². The van der Waals surface area contributed by atoms with E-state index in [1.807, 2.05) is 12.1 Å². The third kappa shape index (κ3) is 4.89. The third-order valence-electron chi connectivity index (χ3n) is 3.61. The molecule has 0 heterocycles. The standard InChI is InChI=1S/C17H24BrN3O2/c1-4-19-17(21-13-7-5-6-8-13)20-11-12-9-14(18)16(23-3)15(10-12)22-2/h5-6,9-10,13H,4,7-8,11H2,1-3H3,(H2,19,20,21). The zero-order valence-electron chi connectivity index (χ0n) is 13.9. The van der Waals surface area contributed by atoms with E-state index in [0.29, 0.717) is 24.1 Å². The summed E-state index contributed by atoms with van der Waals surface area (Å²) in [7, 11) is 3.26. The van der Waals surface area contributed by atoms with Gasteiger partial charge in [-0.25, -0.2) is 4.99 Å². The highest BCUT2D eigenvalue weighted by atomic mass is 79.9. The molecule has 1 aliphatic rings. The van der Waals surface area contributed by atoms with Gasteiger partial charge in [-0.3, -0.25) is 0 Å². The average Bonchev–Trinajstić information content (AvgIpc) is 3.05. The quantitative estimate of drug-likeness (QED) is 0.451. The molecule has 0 atom stereocenters. The molecule has 0 radical (unpaired) electrons. The topological polar surface area (TPSA) is 54.9 Å². The normalized spacial score (nSPS) is 14.9. The van der Waals surface area contributed by atoms with Crippen LogP contribution in [0.15, 0.2) is 33.7 Å². The fourth-order valence-corrected chi connectivity index (χ4v) is 3.13. The molecule has 0 aliphatic heterocycles. The van der Waals surface area contributed by atoms with E-state index in [4.69, 9.17) is 9.47 Å². The van der Waals surface area contributed by atoms with Crippen molar-refractivity contribution in [3.05, 3.63) is 34.3 Å². The lowest BCUT2D eigenvalue weighted by molar-refractivity contribution is 0.352. The van der Waals surface area contributed by atoms with E-state index in [0.717, 1.165) is 35.4 Å². The van der Waals surface area contributed by atoms with Crippen LogP contribution < -0.4 is 20.1 Å². The molecule has 0 amide bonds. The van der Waals surface area contributed by atoms with Crippen LogP contribution in [0.2, 0.25) is 0 Å². The zero-order valence-corrected chi connectivity index (χ0v) is 15.4. The number of halogens is 1. The molecule has 23 heavy (non-hydrogen) atoms. The Balaban J connectivity index is 2.10. The number of hydrogen-bond acceptors (Lipinski definition) is 3. The lowest BCUT2D eigenvalue weighted by Gasteiger charge is -2.17. The Morgan fingerprint density at radius 3 is 2.61 bits per heavy atom. The number of aliphatic imine (C=N–C) groups is 1. The zero-order chi connectivity index (χ0) is 16.7. The van der Waals surface area contributed by atoms with Gasteiger partial charge >= 0.3 is 0 Å². The number of methoxy groups -OCH3 is 2. The third-order valence-corrected chi connectivity index (χ3v) is 4.20. The summed E-state index contributed by atoms with van der Waals surface area (Å²) < 4.78 is 11.6. The molecule has 1 aromatic rings. The minimum atomic E-state index is 0.435. The largest absolute Gasteiger partial charge is 0.493 e. The van der Waals surface area contributed by atoms with E-state index in [2.05, 4.69) is 50.6 Å². The predicted octanol–water partition coefficient (Wildman–Crippen LogP) is 3.24. The van der Waals surface area contributed by atoms with Crippen LogP contribution in [0.5, 0.6) is 11.5 Å². The summed E-state index contributed by atoms with van der Waals surface area (Å²) in [4.78, 5) is 4.67. The molecule has 2 rings (SSSR count). The summed E-state index contributed by atoms with van der Waals surface area (Å²) in [6.45, 7) is 3.47. The average molecular weight is 382 g/mol. The van der Waals surface area contributed by atoms with E-state index in [1.165, 1.54) is 0 Å². The summed E-state index contributed by atoms with van der Waals surface area (Å²) in [6, 6.07) is 4.39. The maximum atomic E-state index is 5.38. The molecule has 0 aromatic heterocycles. The SMILES string of the molecule is CCNC(=NCc1cc(Br)c(OC)c(OC)c1)NC1CC=CC1. The van der Waals surface area contributed by atoms with Crippen molar-refractivity contribution in [2.75, 3.05) is 20.8 Å². The van der Waals surface area contributed by atoms with Gasteiger partial charge in [0.1, 0.15) is 0 Å². The summed E-state index contributed by atoms with van der Waals surface area (Å²) in [5, 5.41) is 6.75. The predicted molar refractivity (Wildman–Crippen MR) is 97.4 cm³/mol. The molecule has 0 unspecified atom stereocenters. The van der Waals surface area contributed by atoms with Crippen molar-refractivity contribution in [1.82, 2.24) is 10.6 Å². The Bertz CT molecular complexity index is 579. The first-order valence-corrected chi connectivity index (χ1v) is 8.57. The number of nitrogens with zero attached hydrogens (tertiary/aromatic N) is 1. The summed E-state index contributed by atoms with van der Waals surface area (Å²) >= 11 is 3.51. The number of hydrogen-bond donors (Lipinski definition) is 2. The van der Waals surface area contributed by atoms with Gasteiger partial charge in [0.25, 0.3) is 0 Å². The van der Waals surface area contributed by atoms with E-state index in [-0.39, 0.29) is 0 Å². The molecule has 1 aromatic carbocycles. The number of rotatable bonds is 6. The van der Waals surface area contributed by atoms with Gasteiger partial charge in [0, 0.05) is 12.6 Å². The van der Waals surface area contributed by atoms with Crippen molar-refractivity contribution in [2.45, 2.75) is 32.4 Å². The minimum Gasteiger partial charge on any atom is -0.493 e. The fraction of sp³-hybridized carbons (Fsp3) is 0.471. The number of guanidine groups is 1. The van der Waals surface area contributed by atoms with Gasteiger partial charge in [-0.15, -0.1) is 0 Å². The van der Waals surface area contributed by atoms with Gasteiger partial charge in [-0.1, -0.05) is 12.2 Å². The first-order valence-electron chi connectivity index (χ1n) is 7.78. The van der Waals surface area contributed by atoms with Gasteiger partial charge < -0.3 is 20.1 Å². The van der Waals surface area contributed by atoms with Crippen LogP contribution in [-0.4, -0.2) is 32.8 Å². The molecule has 6 heteroatoms. The van der Waals surface area contributed by atoms with E-state index in [1.54, 1.807) is 14.2 Å². The van der Waals surface area contributed by atoms with E-state index >= 15 is 0 Å². The molecular weight excluding hydrogens is 358 g/mol. The highest BCUT2D eigenvalue weighted by Gasteiger charge is 2.13. The van der Waals surface area contributed by atoms with Crippen molar-refractivity contribution in [2.24, 2.45) is 4.99 Å². The molecular formula is C17H24BrN3O2. The van der Waals surface area contributed by atoms with Crippen LogP contribution in [-0.2, 0) is 6.54 Å². The van der Waals surface area contributed by atoms with Crippen molar-refractivity contribution < 1.29 is 9.47 Å². The molecule has 0 fully saturated rings. The Kier molecular flexibility index (Phi) is 6.77. The second-order valence-electron chi connectivity index (χ2n) is 5.29. The molecule has 0 saturated carbocycles. The summed E-state index contributed by atoms with van der Waals surface area (Å²) in [5.41, 5.74) is 1.05. The molecule has 126 valence electrons. The van der Waals surface area contributed by atoms with Crippen LogP contribution in [0.25, 0.3) is 0 Å². The smallest absolute Gasteiger partial charge is 0.191 e. The fourth-order valence-electron chi connectivity index (χ4n) is 2.48. The van der Waals surface area contributed by atoms with Gasteiger partial charge in [0.05, 0.1) is 25.2 Å². The maximum Gasteiger partial charge on any atom is 0.191 e. The second-order valence-corrected chi connectivity index (χ2v) is 6.15. The Labute approximate surface area is 146 Å². The molecule has 0 saturated heterocycles. The first-order chi connectivity index (χ1) is 11.2. The van der Waals surface area contributed by atoms with E-state index in [9.17, 15) is 0 Å². The number of benzene rings is 1. The highest BCUT2D eigenvalue weighted by Crippen LogP contribution is 2.36. The monoisotopic (exact) mass is 381 g/mol. The van der Waals surface area contributed by atoms with E-state index < -0.39 is 0 Å². The van der Waals surface area contributed by atoms with Crippen molar-refractivity contribution >= 4 is 21.9 Å². The summed E-state index contributed by atoms with van der Waals surface area (Å²) in [6.07, 6.45) is 6.50. The minimum absolute atomic E-state index is 0.435. The Morgan fingerprint density at radius 1 is 1.26 bits per heavy atom. The first kappa shape index (κ1) is 17.7. The van der Waals surface area contributed by atoms with Crippen LogP contribution in [0, 0.1) is 0 Å². The van der Waals surface area contributed by atoms with Crippen molar-refractivity contribution in [1.29, 1.82) is 0 Å². The van der Waals surface area contributed by atoms with Gasteiger partial charge in [-0.2, -0.15) is 0 Å². The van der Waals surface area contributed by atoms with Crippen LogP contribution in [0.1, 0.15) is 25.3 Å². The lowest BCUT2D eigenvalue weighted by atomic mass is 10.2. The van der Waals surface area contributed by atoms with Crippen LogP contribution in [0.4, 0.5) is 0 Å². The molecule has 1 aliphatic carbocycles. The summed E-state index contributed by atoms with van der Waals surface area (Å²) in [5.74, 6) is 2.24. The Hall–Kier alpha value is -1.69. The van der Waals surface area contributed by atoms with Crippen molar-refractivity contribution in [3.63, 3.8) is 0 Å².